The lowest BCUT2D eigenvalue weighted by molar-refractivity contribution is -0.134. The van der Waals surface area contributed by atoms with Crippen LogP contribution in [0.5, 0.6) is 0 Å². The minimum absolute atomic E-state index is 0.0183. The van der Waals surface area contributed by atoms with Gasteiger partial charge in [-0.2, -0.15) is 0 Å². The van der Waals surface area contributed by atoms with E-state index in [2.05, 4.69) is 46.0 Å². The quantitative estimate of drug-likeness (QED) is 0.146. The molecule has 0 rings (SSSR count). The molecule has 0 bridgehead atoms. The molecular weight excluding hydrogens is 528 g/mol. The number of hydrogen-bond acceptors (Lipinski definition) is 4. The molecule has 0 aromatic rings. The van der Waals surface area contributed by atoms with E-state index in [1.54, 1.807) is 21.6 Å². The second-order valence-corrected chi connectivity index (χ2v) is 12.9. The molecule has 2 atom stereocenters. The van der Waals surface area contributed by atoms with Crippen LogP contribution in [0, 0.1) is 17.8 Å². The molecule has 0 aromatic heterocycles. The van der Waals surface area contributed by atoms with Gasteiger partial charge in [0.25, 0.3) is 0 Å². The maximum atomic E-state index is 12.3. The number of hydrogen-bond donors (Lipinski definition) is 1. The third kappa shape index (κ3) is 21.3. The summed E-state index contributed by atoms with van der Waals surface area (Å²) in [6.45, 7) is 20.4. The summed E-state index contributed by atoms with van der Waals surface area (Å²) in [6.07, 6.45) is 13.6. The van der Waals surface area contributed by atoms with Crippen molar-refractivity contribution < 1.29 is 19.2 Å². The average Bonchev–Trinajstić information content (AvgIpc) is 2.88. The molecule has 8 heteroatoms. The molecule has 0 saturated heterocycles. The van der Waals surface area contributed by atoms with Crippen LogP contribution in [-0.2, 0) is 19.2 Å². The molecule has 0 fully saturated rings. The molecule has 1 N–H and O–H groups in total. The Bertz CT molecular complexity index is 826. The number of allylic oxidation sites excluding steroid dienone is 1. The lowest BCUT2D eigenvalue weighted by Gasteiger charge is -2.29. The van der Waals surface area contributed by atoms with E-state index in [-0.39, 0.29) is 23.6 Å². The van der Waals surface area contributed by atoms with Gasteiger partial charge in [-0.05, 0) is 37.5 Å². The third-order valence-corrected chi connectivity index (χ3v) is 8.17. The Kier molecular flexibility index (Phi) is 21.8. The first-order valence-electron chi connectivity index (χ1n) is 16.4. The monoisotopic (exact) mass is 592 g/mol. The van der Waals surface area contributed by atoms with Gasteiger partial charge in [0.05, 0.1) is 0 Å². The first kappa shape index (κ1) is 39.6. The van der Waals surface area contributed by atoms with Crippen LogP contribution >= 0.6 is 0 Å². The number of amides is 4. The molecule has 0 radical (unpaired) electrons. The lowest BCUT2D eigenvalue weighted by Crippen LogP contribution is -2.45. The van der Waals surface area contributed by atoms with Crippen molar-refractivity contribution in [2.24, 2.45) is 17.8 Å². The Morgan fingerprint density at radius 3 is 1.48 bits per heavy atom. The summed E-state index contributed by atoms with van der Waals surface area (Å²) in [5.74, 6) is 2.04. The Morgan fingerprint density at radius 2 is 1.02 bits per heavy atom. The number of rotatable bonds is 23. The molecule has 0 heterocycles. The van der Waals surface area contributed by atoms with Crippen LogP contribution in [-0.4, -0.2) is 84.1 Å². The van der Waals surface area contributed by atoms with Crippen LogP contribution < -0.4 is 5.32 Å². The fourth-order valence-electron chi connectivity index (χ4n) is 5.16. The number of nitrogens with zero attached hydrogens (tertiary/aromatic N) is 3. The van der Waals surface area contributed by atoms with Gasteiger partial charge >= 0.3 is 0 Å². The maximum Gasteiger partial charge on any atom is 0.219 e. The Labute approximate surface area is 258 Å². The van der Waals surface area contributed by atoms with Gasteiger partial charge in [0.1, 0.15) is 0 Å². The normalized spacial score (nSPS) is 13.0. The molecular formula is C34H64N4O4. The van der Waals surface area contributed by atoms with Crippen LogP contribution in [0.2, 0.25) is 0 Å². The fourth-order valence-corrected chi connectivity index (χ4v) is 5.16. The summed E-state index contributed by atoms with van der Waals surface area (Å²) in [7, 11) is 0. The molecule has 8 nitrogen and oxygen atoms in total. The Balaban J connectivity index is 4.54. The summed E-state index contributed by atoms with van der Waals surface area (Å²) in [5, 5.41) is 2.69. The van der Waals surface area contributed by atoms with Gasteiger partial charge in [-0.25, -0.2) is 0 Å². The molecule has 0 spiro atoms. The first-order valence-corrected chi connectivity index (χ1v) is 16.4. The van der Waals surface area contributed by atoms with Gasteiger partial charge in [-0.15, -0.1) is 0 Å². The largest absolute Gasteiger partial charge is 0.355 e. The van der Waals surface area contributed by atoms with Crippen LogP contribution in [0.1, 0.15) is 120 Å². The lowest BCUT2D eigenvalue weighted by atomic mass is 9.91. The van der Waals surface area contributed by atoms with E-state index in [0.717, 1.165) is 24.2 Å². The van der Waals surface area contributed by atoms with Crippen LogP contribution in [0.4, 0.5) is 0 Å². The molecule has 0 aliphatic carbocycles. The van der Waals surface area contributed by atoms with E-state index in [0.29, 0.717) is 45.8 Å². The molecule has 244 valence electrons. The molecule has 4 amide bonds. The van der Waals surface area contributed by atoms with E-state index in [9.17, 15) is 19.2 Å². The molecule has 0 aliphatic rings. The van der Waals surface area contributed by atoms with Crippen molar-refractivity contribution >= 4 is 23.6 Å². The molecule has 0 aliphatic heterocycles. The van der Waals surface area contributed by atoms with Crippen LogP contribution in [0.3, 0.4) is 0 Å². The second-order valence-electron chi connectivity index (χ2n) is 12.9. The summed E-state index contributed by atoms with van der Waals surface area (Å²) < 4.78 is 0. The predicted octanol–water partition coefficient (Wildman–Crippen LogP) is 6.05. The van der Waals surface area contributed by atoms with Crippen molar-refractivity contribution in [2.45, 2.75) is 120 Å². The van der Waals surface area contributed by atoms with E-state index >= 15 is 0 Å². The van der Waals surface area contributed by atoms with E-state index in [1.807, 2.05) is 0 Å². The van der Waals surface area contributed by atoms with Crippen LogP contribution in [0.15, 0.2) is 11.6 Å². The van der Waals surface area contributed by atoms with E-state index < -0.39 is 0 Å². The van der Waals surface area contributed by atoms with Crippen molar-refractivity contribution in [1.29, 1.82) is 0 Å². The zero-order valence-electron chi connectivity index (χ0n) is 28.6. The highest BCUT2D eigenvalue weighted by molar-refractivity contribution is 5.75. The molecule has 2 unspecified atom stereocenters. The van der Waals surface area contributed by atoms with Gasteiger partial charge in [0, 0.05) is 73.5 Å². The minimum Gasteiger partial charge on any atom is -0.355 e. The number of carbonyl (C=O) groups is 4. The predicted molar refractivity (Wildman–Crippen MR) is 174 cm³/mol. The zero-order valence-corrected chi connectivity index (χ0v) is 28.6. The van der Waals surface area contributed by atoms with E-state index in [1.165, 1.54) is 77.7 Å². The summed E-state index contributed by atoms with van der Waals surface area (Å²) in [6, 6.07) is 0. The standard InChI is InChI=1S/C34H64N4O4/c1-27(2)13-10-14-28(3)15-11-16-29(4)17-12-18-30(5)19-21-36(32(7)40)23-25-38(34(9)42)26-24-37(33(8)41)22-20-35-31(6)39/h19,27-29H,10-18,20-26H2,1-9H3,(H,35,39). The molecule has 0 aromatic carbocycles. The van der Waals surface area contributed by atoms with Crippen molar-refractivity contribution in [3.05, 3.63) is 11.6 Å². The average molecular weight is 593 g/mol. The third-order valence-electron chi connectivity index (χ3n) is 8.17. The fraction of sp³-hybridized carbons (Fsp3) is 0.824. The van der Waals surface area contributed by atoms with Crippen molar-refractivity contribution in [2.75, 3.05) is 45.8 Å². The van der Waals surface area contributed by atoms with Crippen molar-refractivity contribution in [3.63, 3.8) is 0 Å². The minimum atomic E-state index is -0.143. The SMILES string of the molecule is CC(=O)NCCN(CCN(CCN(CC=C(C)CCCC(C)CCCC(C)CCCC(C)C)C(C)=O)C(C)=O)C(C)=O. The molecule has 42 heavy (non-hydrogen) atoms. The topological polar surface area (TPSA) is 90.0 Å². The second kappa shape index (κ2) is 23.1. The zero-order chi connectivity index (χ0) is 32.1. The van der Waals surface area contributed by atoms with Crippen LogP contribution in [0.25, 0.3) is 0 Å². The number of carbonyl (C=O) groups excluding carboxylic acids is 4. The highest BCUT2D eigenvalue weighted by Crippen LogP contribution is 2.22. The maximum absolute atomic E-state index is 12.3. The van der Waals surface area contributed by atoms with Crippen molar-refractivity contribution in [1.82, 2.24) is 20.0 Å². The van der Waals surface area contributed by atoms with Gasteiger partial charge in [0.15, 0.2) is 0 Å². The van der Waals surface area contributed by atoms with Gasteiger partial charge in [-0.3, -0.25) is 19.2 Å². The summed E-state index contributed by atoms with van der Waals surface area (Å²) >= 11 is 0. The first-order chi connectivity index (χ1) is 19.7. The van der Waals surface area contributed by atoms with Gasteiger partial charge in [0.2, 0.25) is 23.6 Å². The van der Waals surface area contributed by atoms with Gasteiger partial charge in [-0.1, -0.05) is 84.3 Å². The molecule has 0 saturated carbocycles. The summed E-state index contributed by atoms with van der Waals surface area (Å²) in [5.41, 5.74) is 1.30. The Morgan fingerprint density at radius 1 is 0.595 bits per heavy atom. The van der Waals surface area contributed by atoms with E-state index in [4.69, 9.17) is 0 Å². The van der Waals surface area contributed by atoms with Crippen molar-refractivity contribution in [3.8, 4) is 0 Å². The summed E-state index contributed by atoms with van der Waals surface area (Å²) in [4.78, 5) is 52.7. The highest BCUT2D eigenvalue weighted by atomic mass is 16.2. The number of nitrogens with one attached hydrogen (secondary N) is 1. The van der Waals surface area contributed by atoms with Gasteiger partial charge < -0.3 is 20.0 Å². The smallest absolute Gasteiger partial charge is 0.219 e. The highest BCUT2D eigenvalue weighted by Gasteiger charge is 2.16. The Hall–Kier alpha value is -2.38.